The summed E-state index contributed by atoms with van der Waals surface area (Å²) in [7, 11) is 0. The summed E-state index contributed by atoms with van der Waals surface area (Å²) in [6.45, 7) is 5.92. The molecular formula is C17H22N4O2. The SMILES string of the molecule is C[C@@H]1CC(=O)Nc2cccc(-c3cn[nH]c3C(C)(C)CO)c2N1. The number of aliphatic hydroxyl groups is 1. The number of hydrogen-bond donors (Lipinski definition) is 4. The lowest BCUT2D eigenvalue weighted by Crippen LogP contribution is -2.23. The fraction of sp³-hybridized carbons (Fsp3) is 0.412. The number of fused-ring (bicyclic) bond motifs is 1. The lowest BCUT2D eigenvalue weighted by atomic mass is 9.85. The molecule has 0 radical (unpaired) electrons. The zero-order valence-electron chi connectivity index (χ0n) is 13.6. The monoisotopic (exact) mass is 314 g/mol. The van der Waals surface area contributed by atoms with Gasteiger partial charge in [0.2, 0.25) is 5.91 Å². The van der Waals surface area contributed by atoms with Gasteiger partial charge >= 0.3 is 0 Å². The number of nitrogens with one attached hydrogen (secondary N) is 3. The smallest absolute Gasteiger partial charge is 0.226 e. The van der Waals surface area contributed by atoms with Crippen LogP contribution in [0.4, 0.5) is 11.4 Å². The van der Waals surface area contributed by atoms with Crippen LogP contribution in [0.1, 0.15) is 32.9 Å². The average molecular weight is 314 g/mol. The molecule has 3 rings (SSSR count). The fourth-order valence-corrected chi connectivity index (χ4v) is 2.90. The van der Waals surface area contributed by atoms with Crippen molar-refractivity contribution >= 4 is 17.3 Å². The molecule has 0 unspecified atom stereocenters. The molecule has 0 bridgehead atoms. The summed E-state index contributed by atoms with van der Waals surface area (Å²) in [6.07, 6.45) is 2.19. The molecule has 122 valence electrons. The van der Waals surface area contributed by atoms with E-state index in [0.717, 1.165) is 28.2 Å². The van der Waals surface area contributed by atoms with Crippen molar-refractivity contribution < 1.29 is 9.90 Å². The topological polar surface area (TPSA) is 90.0 Å². The Morgan fingerprint density at radius 1 is 1.35 bits per heavy atom. The van der Waals surface area contributed by atoms with Gasteiger partial charge in [0.15, 0.2) is 0 Å². The number of para-hydroxylation sites is 1. The van der Waals surface area contributed by atoms with E-state index in [4.69, 9.17) is 0 Å². The lowest BCUT2D eigenvalue weighted by Gasteiger charge is -2.23. The van der Waals surface area contributed by atoms with Crippen LogP contribution < -0.4 is 10.6 Å². The third-order valence-corrected chi connectivity index (χ3v) is 4.22. The molecule has 6 nitrogen and oxygen atoms in total. The number of H-pyrrole nitrogens is 1. The summed E-state index contributed by atoms with van der Waals surface area (Å²) in [6, 6.07) is 5.84. The molecule has 6 heteroatoms. The van der Waals surface area contributed by atoms with Gasteiger partial charge in [-0.05, 0) is 13.0 Å². The van der Waals surface area contributed by atoms with Gasteiger partial charge in [0.05, 0.1) is 29.9 Å². The van der Waals surface area contributed by atoms with Crippen LogP contribution in [0.3, 0.4) is 0 Å². The molecule has 1 aromatic carbocycles. The Morgan fingerprint density at radius 3 is 2.87 bits per heavy atom. The number of amides is 1. The number of carbonyl (C=O) groups is 1. The van der Waals surface area contributed by atoms with E-state index in [1.54, 1.807) is 6.20 Å². The number of carbonyl (C=O) groups excluding carboxylic acids is 1. The Balaban J connectivity index is 2.15. The van der Waals surface area contributed by atoms with Crippen LogP contribution in [0.2, 0.25) is 0 Å². The van der Waals surface area contributed by atoms with Crippen LogP contribution >= 0.6 is 0 Å². The van der Waals surface area contributed by atoms with Gasteiger partial charge in [-0.1, -0.05) is 26.0 Å². The maximum absolute atomic E-state index is 11.9. The first-order chi connectivity index (χ1) is 10.9. The Hall–Kier alpha value is -2.34. The lowest BCUT2D eigenvalue weighted by molar-refractivity contribution is -0.116. The molecule has 0 saturated carbocycles. The molecule has 4 N–H and O–H groups in total. The molecule has 0 spiro atoms. The largest absolute Gasteiger partial charge is 0.395 e. The van der Waals surface area contributed by atoms with Crippen LogP contribution in [-0.2, 0) is 10.2 Å². The number of aromatic nitrogens is 2. The van der Waals surface area contributed by atoms with Crippen LogP contribution in [0.15, 0.2) is 24.4 Å². The molecule has 0 saturated heterocycles. The summed E-state index contributed by atoms with van der Waals surface area (Å²) in [5.41, 5.74) is 3.98. The van der Waals surface area contributed by atoms with Crippen molar-refractivity contribution in [1.29, 1.82) is 0 Å². The summed E-state index contributed by atoms with van der Waals surface area (Å²) < 4.78 is 0. The van der Waals surface area contributed by atoms with Gasteiger partial charge in [-0.15, -0.1) is 0 Å². The number of aromatic amines is 1. The van der Waals surface area contributed by atoms with Crippen molar-refractivity contribution in [2.24, 2.45) is 0 Å². The zero-order chi connectivity index (χ0) is 16.6. The van der Waals surface area contributed by atoms with Gasteiger partial charge in [0, 0.05) is 29.0 Å². The predicted molar refractivity (Wildman–Crippen MR) is 90.5 cm³/mol. The van der Waals surface area contributed by atoms with Gasteiger partial charge < -0.3 is 15.7 Å². The second kappa shape index (κ2) is 5.70. The highest BCUT2D eigenvalue weighted by molar-refractivity contribution is 6.00. The Labute approximate surface area is 135 Å². The van der Waals surface area contributed by atoms with E-state index < -0.39 is 5.41 Å². The molecular weight excluding hydrogens is 292 g/mol. The number of anilines is 2. The van der Waals surface area contributed by atoms with E-state index in [9.17, 15) is 9.90 Å². The van der Waals surface area contributed by atoms with E-state index in [0.29, 0.717) is 6.42 Å². The minimum atomic E-state index is -0.436. The van der Waals surface area contributed by atoms with E-state index >= 15 is 0 Å². The number of nitrogens with zero attached hydrogens (tertiary/aromatic N) is 1. The summed E-state index contributed by atoms with van der Waals surface area (Å²) in [5, 5.41) is 23.2. The average Bonchev–Trinajstić information content (AvgIpc) is 2.93. The van der Waals surface area contributed by atoms with Crippen LogP contribution in [-0.4, -0.2) is 33.9 Å². The third-order valence-electron chi connectivity index (χ3n) is 4.22. The van der Waals surface area contributed by atoms with E-state index in [1.165, 1.54) is 0 Å². The van der Waals surface area contributed by atoms with Crippen molar-refractivity contribution in [2.75, 3.05) is 17.2 Å². The maximum Gasteiger partial charge on any atom is 0.226 e. The standard InChI is InChI=1S/C17H22N4O2/c1-10-7-14(23)20-13-6-4-5-11(15(13)19-10)12-8-18-21-16(12)17(2,3)9-22/h4-6,8,10,19,22H,7,9H2,1-3H3,(H,18,21)(H,20,23)/t10-/m1/s1. The van der Waals surface area contributed by atoms with E-state index in [2.05, 4.69) is 20.8 Å². The van der Waals surface area contributed by atoms with Crippen molar-refractivity contribution in [3.63, 3.8) is 0 Å². The highest BCUT2D eigenvalue weighted by atomic mass is 16.3. The quantitative estimate of drug-likeness (QED) is 0.700. The molecule has 1 atom stereocenters. The first-order valence-corrected chi connectivity index (χ1v) is 7.77. The number of rotatable bonds is 3. The molecule has 1 aliphatic heterocycles. The molecule has 1 aromatic heterocycles. The third kappa shape index (κ3) is 2.82. The van der Waals surface area contributed by atoms with Crippen LogP contribution in [0.5, 0.6) is 0 Å². The molecule has 2 aromatic rings. The molecule has 23 heavy (non-hydrogen) atoms. The van der Waals surface area contributed by atoms with Gasteiger partial charge in [-0.25, -0.2) is 0 Å². The Bertz CT molecular complexity index is 736. The summed E-state index contributed by atoms with van der Waals surface area (Å²) in [4.78, 5) is 11.9. The Morgan fingerprint density at radius 2 is 2.13 bits per heavy atom. The first-order valence-electron chi connectivity index (χ1n) is 7.77. The highest BCUT2D eigenvalue weighted by Crippen LogP contribution is 2.40. The fourth-order valence-electron chi connectivity index (χ4n) is 2.90. The minimum Gasteiger partial charge on any atom is -0.395 e. The predicted octanol–water partition coefficient (Wildman–Crippen LogP) is 2.49. The summed E-state index contributed by atoms with van der Waals surface area (Å²) in [5.74, 6) is 0.00371. The number of aliphatic hydroxyl groups excluding tert-OH is 1. The van der Waals surface area contributed by atoms with Gasteiger partial charge in [0.25, 0.3) is 0 Å². The highest BCUT2D eigenvalue weighted by Gasteiger charge is 2.28. The number of hydrogen-bond acceptors (Lipinski definition) is 4. The number of benzene rings is 1. The van der Waals surface area contributed by atoms with Gasteiger partial charge in [-0.2, -0.15) is 5.10 Å². The Kier molecular flexibility index (Phi) is 3.85. The zero-order valence-corrected chi connectivity index (χ0v) is 13.6. The second-order valence-electron chi connectivity index (χ2n) is 6.73. The second-order valence-corrected chi connectivity index (χ2v) is 6.73. The van der Waals surface area contributed by atoms with Crippen molar-refractivity contribution in [1.82, 2.24) is 10.2 Å². The molecule has 0 aliphatic carbocycles. The van der Waals surface area contributed by atoms with Crippen molar-refractivity contribution in [2.45, 2.75) is 38.6 Å². The molecule has 0 fully saturated rings. The molecule has 1 amide bonds. The molecule has 1 aliphatic rings. The maximum atomic E-state index is 11.9. The van der Waals surface area contributed by atoms with Crippen molar-refractivity contribution in [3.05, 3.63) is 30.1 Å². The van der Waals surface area contributed by atoms with Crippen LogP contribution in [0.25, 0.3) is 11.1 Å². The molecule has 2 heterocycles. The van der Waals surface area contributed by atoms with Crippen molar-refractivity contribution in [3.8, 4) is 11.1 Å². The van der Waals surface area contributed by atoms with Crippen LogP contribution in [0, 0.1) is 0 Å². The first kappa shape index (κ1) is 15.6. The summed E-state index contributed by atoms with van der Waals surface area (Å²) >= 11 is 0. The normalized spacial score (nSPS) is 17.9. The van der Waals surface area contributed by atoms with E-state index in [1.807, 2.05) is 39.0 Å². The van der Waals surface area contributed by atoms with E-state index in [-0.39, 0.29) is 18.6 Å². The van der Waals surface area contributed by atoms with Gasteiger partial charge in [0.1, 0.15) is 0 Å². The van der Waals surface area contributed by atoms with Gasteiger partial charge in [-0.3, -0.25) is 9.89 Å². The minimum absolute atomic E-state index is 0.00371.